The Morgan fingerprint density at radius 1 is 1.47 bits per heavy atom. The molecule has 0 bridgehead atoms. The van der Waals surface area contributed by atoms with E-state index in [4.69, 9.17) is 0 Å². The summed E-state index contributed by atoms with van der Waals surface area (Å²) < 4.78 is 3.10. The Labute approximate surface area is 124 Å². The van der Waals surface area contributed by atoms with Crippen molar-refractivity contribution in [2.45, 2.75) is 39.8 Å². The van der Waals surface area contributed by atoms with Crippen molar-refractivity contribution in [1.82, 2.24) is 20.0 Å². The number of hydrogen-bond donors (Lipinski definition) is 1. The Kier molecular flexibility index (Phi) is 5.03. The van der Waals surface area contributed by atoms with E-state index < -0.39 is 0 Å². The molecular formula is C14H25BrN4. The predicted octanol–water partition coefficient (Wildman–Crippen LogP) is 2.31. The Morgan fingerprint density at radius 3 is 2.74 bits per heavy atom. The quantitative estimate of drug-likeness (QED) is 0.900. The molecule has 5 heteroatoms. The molecule has 2 heterocycles. The topological polar surface area (TPSA) is 33.1 Å². The van der Waals surface area contributed by atoms with Gasteiger partial charge < -0.3 is 10.2 Å². The first kappa shape index (κ1) is 15.0. The van der Waals surface area contributed by atoms with Crippen LogP contribution in [-0.2, 0) is 13.6 Å². The first-order chi connectivity index (χ1) is 8.99. The van der Waals surface area contributed by atoms with Gasteiger partial charge in [0.2, 0.25) is 0 Å². The molecule has 1 aliphatic heterocycles. The molecule has 108 valence electrons. The third kappa shape index (κ3) is 3.58. The van der Waals surface area contributed by atoms with Crippen LogP contribution in [-0.4, -0.2) is 40.4 Å². The second-order valence-electron chi connectivity index (χ2n) is 5.84. The molecule has 1 aromatic heterocycles. The van der Waals surface area contributed by atoms with Crippen LogP contribution in [0.4, 0.5) is 0 Å². The molecule has 0 amide bonds. The molecule has 0 saturated carbocycles. The van der Waals surface area contributed by atoms with Crippen molar-refractivity contribution >= 4 is 15.9 Å². The zero-order chi connectivity index (χ0) is 14.0. The fraction of sp³-hybridized carbons (Fsp3) is 0.786. The third-order valence-electron chi connectivity index (χ3n) is 4.03. The molecule has 1 unspecified atom stereocenters. The molecule has 1 atom stereocenters. The van der Waals surface area contributed by atoms with Crippen molar-refractivity contribution in [3.63, 3.8) is 0 Å². The summed E-state index contributed by atoms with van der Waals surface area (Å²) in [6.07, 6.45) is 1.32. The van der Waals surface area contributed by atoms with Crippen LogP contribution in [0.25, 0.3) is 0 Å². The lowest BCUT2D eigenvalue weighted by atomic mass is 10.1. The lowest BCUT2D eigenvalue weighted by molar-refractivity contribution is 0.264. The molecule has 0 aliphatic carbocycles. The van der Waals surface area contributed by atoms with Crippen molar-refractivity contribution in [3.05, 3.63) is 15.9 Å². The molecule has 0 radical (unpaired) electrons. The van der Waals surface area contributed by atoms with Crippen LogP contribution in [0.1, 0.15) is 31.7 Å². The third-order valence-corrected chi connectivity index (χ3v) is 5.07. The van der Waals surface area contributed by atoms with Gasteiger partial charge in [-0.25, -0.2) is 0 Å². The Bertz CT molecular complexity index is 427. The lowest BCUT2D eigenvalue weighted by Crippen LogP contribution is -2.30. The average molecular weight is 329 g/mol. The maximum Gasteiger partial charge on any atom is 0.0739 e. The van der Waals surface area contributed by atoms with Crippen LogP contribution in [0.3, 0.4) is 0 Å². The Hall–Kier alpha value is -0.390. The maximum absolute atomic E-state index is 4.42. The van der Waals surface area contributed by atoms with E-state index >= 15 is 0 Å². The number of rotatable bonds is 5. The van der Waals surface area contributed by atoms with Crippen molar-refractivity contribution in [2.24, 2.45) is 13.0 Å². The van der Waals surface area contributed by atoms with Gasteiger partial charge in [-0.05, 0) is 62.1 Å². The van der Waals surface area contributed by atoms with Gasteiger partial charge in [-0.15, -0.1) is 0 Å². The van der Waals surface area contributed by atoms with Gasteiger partial charge in [-0.1, -0.05) is 0 Å². The largest absolute Gasteiger partial charge is 0.311 e. The average Bonchev–Trinajstić information content (AvgIpc) is 2.90. The molecule has 2 rings (SSSR count). The summed E-state index contributed by atoms with van der Waals surface area (Å²) in [6, 6.07) is 0.680. The number of likely N-dealkylation sites (tertiary alicyclic amines) is 1. The zero-order valence-corrected chi connectivity index (χ0v) is 14.0. The van der Waals surface area contributed by atoms with Crippen LogP contribution in [0, 0.1) is 12.8 Å². The van der Waals surface area contributed by atoms with Crippen LogP contribution >= 0.6 is 15.9 Å². The maximum atomic E-state index is 4.42. The zero-order valence-electron chi connectivity index (χ0n) is 12.4. The lowest BCUT2D eigenvalue weighted by Gasteiger charge is -2.20. The van der Waals surface area contributed by atoms with E-state index in [-0.39, 0.29) is 0 Å². The standard InChI is InChI=1S/C14H25BrN4/c1-10(2)19-6-5-12(9-19)7-16-8-13-14(15)11(3)17-18(13)4/h10,12,16H,5-9H2,1-4H3. The van der Waals surface area contributed by atoms with Gasteiger partial charge in [0.1, 0.15) is 0 Å². The minimum absolute atomic E-state index is 0.680. The highest BCUT2D eigenvalue weighted by Crippen LogP contribution is 2.21. The van der Waals surface area contributed by atoms with Crippen LogP contribution in [0.5, 0.6) is 0 Å². The minimum atomic E-state index is 0.680. The van der Waals surface area contributed by atoms with E-state index in [0.29, 0.717) is 6.04 Å². The second-order valence-corrected chi connectivity index (χ2v) is 6.64. The minimum Gasteiger partial charge on any atom is -0.311 e. The number of nitrogens with zero attached hydrogens (tertiary/aromatic N) is 3. The highest BCUT2D eigenvalue weighted by Gasteiger charge is 2.23. The van der Waals surface area contributed by atoms with Crippen molar-refractivity contribution in [2.75, 3.05) is 19.6 Å². The second kappa shape index (κ2) is 6.37. The monoisotopic (exact) mass is 328 g/mol. The first-order valence-corrected chi connectivity index (χ1v) is 7.91. The molecule has 1 aliphatic rings. The fourth-order valence-electron chi connectivity index (χ4n) is 2.77. The number of aromatic nitrogens is 2. The van der Waals surface area contributed by atoms with E-state index in [2.05, 4.69) is 45.1 Å². The molecule has 1 aromatic rings. The predicted molar refractivity (Wildman–Crippen MR) is 82.2 cm³/mol. The summed E-state index contributed by atoms with van der Waals surface area (Å²) in [6.45, 7) is 11.1. The van der Waals surface area contributed by atoms with Gasteiger partial charge in [0.05, 0.1) is 15.9 Å². The molecule has 1 fully saturated rings. The summed E-state index contributed by atoms with van der Waals surface area (Å²) in [5.41, 5.74) is 2.29. The normalized spacial score (nSPS) is 20.6. The summed E-state index contributed by atoms with van der Waals surface area (Å²) in [5.74, 6) is 0.787. The van der Waals surface area contributed by atoms with Gasteiger partial charge in [-0.3, -0.25) is 4.68 Å². The molecule has 0 spiro atoms. The molecule has 19 heavy (non-hydrogen) atoms. The highest BCUT2D eigenvalue weighted by molar-refractivity contribution is 9.10. The Morgan fingerprint density at radius 2 is 2.21 bits per heavy atom. The molecule has 1 N–H and O–H groups in total. The van der Waals surface area contributed by atoms with E-state index in [1.54, 1.807) is 0 Å². The van der Waals surface area contributed by atoms with Gasteiger partial charge in [0, 0.05) is 26.2 Å². The highest BCUT2D eigenvalue weighted by atomic mass is 79.9. The number of nitrogens with one attached hydrogen (secondary N) is 1. The van der Waals surface area contributed by atoms with E-state index in [0.717, 1.165) is 29.2 Å². The first-order valence-electron chi connectivity index (χ1n) is 7.11. The summed E-state index contributed by atoms with van der Waals surface area (Å²) in [4.78, 5) is 2.57. The number of aryl methyl sites for hydroxylation is 2. The van der Waals surface area contributed by atoms with Gasteiger partial charge in [-0.2, -0.15) is 5.10 Å². The van der Waals surface area contributed by atoms with Crippen molar-refractivity contribution < 1.29 is 0 Å². The summed E-state index contributed by atoms with van der Waals surface area (Å²) in [5, 5.41) is 8.00. The Balaban J connectivity index is 1.78. The fourth-order valence-corrected chi connectivity index (χ4v) is 3.24. The summed E-state index contributed by atoms with van der Waals surface area (Å²) in [7, 11) is 2.00. The van der Waals surface area contributed by atoms with Gasteiger partial charge >= 0.3 is 0 Å². The van der Waals surface area contributed by atoms with Crippen LogP contribution < -0.4 is 5.32 Å². The van der Waals surface area contributed by atoms with E-state index in [1.807, 2.05) is 18.7 Å². The SMILES string of the molecule is Cc1nn(C)c(CNCC2CCN(C(C)C)C2)c1Br. The molecular weight excluding hydrogens is 304 g/mol. The smallest absolute Gasteiger partial charge is 0.0739 e. The van der Waals surface area contributed by atoms with Gasteiger partial charge in [0.25, 0.3) is 0 Å². The molecule has 1 saturated heterocycles. The number of halogens is 1. The van der Waals surface area contributed by atoms with Crippen LogP contribution in [0.15, 0.2) is 4.47 Å². The molecule has 4 nitrogen and oxygen atoms in total. The van der Waals surface area contributed by atoms with Crippen molar-refractivity contribution in [1.29, 1.82) is 0 Å². The number of hydrogen-bond acceptors (Lipinski definition) is 3. The molecule has 0 aromatic carbocycles. The van der Waals surface area contributed by atoms with Crippen molar-refractivity contribution in [3.8, 4) is 0 Å². The van der Waals surface area contributed by atoms with E-state index in [9.17, 15) is 0 Å². The van der Waals surface area contributed by atoms with E-state index in [1.165, 1.54) is 25.2 Å². The van der Waals surface area contributed by atoms with Crippen LogP contribution in [0.2, 0.25) is 0 Å². The van der Waals surface area contributed by atoms with Gasteiger partial charge in [0.15, 0.2) is 0 Å². The summed E-state index contributed by atoms with van der Waals surface area (Å²) >= 11 is 3.61.